The number of methoxy groups -OCH3 is 2. The van der Waals surface area contributed by atoms with Crippen molar-refractivity contribution >= 4 is 23.1 Å². The van der Waals surface area contributed by atoms with Crippen molar-refractivity contribution in [2.24, 2.45) is 0 Å². The Balaban J connectivity index is 2.16. The summed E-state index contributed by atoms with van der Waals surface area (Å²) in [7, 11) is 6.69. The highest BCUT2D eigenvalue weighted by Gasteiger charge is 2.46. The Morgan fingerprint density at radius 2 is 1.82 bits per heavy atom. The average Bonchev–Trinajstić information content (AvgIpc) is 3.08. The minimum Gasteiger partial charge on any atom is -0.507 e. The van der Waals surface area contributed by atoms with Gasteiger partial charge in [0.1, 0.15) is 5.76 Å². The molecular weight excluding hydrogens is 442 g/mol. The summed E-state index contributed by atoms with van der Waals surface area (Å²) in [6.45, 7) is 0.902. The van der Waals surface area contributed by atoms with Gasteiger partial charge in [-0.15, -0.1) is 0 Å². The molecule has 2 aromatic rings. The number of aliphatic hydroxyl groups excluding tert-OH is 1. The molecule has 1 amide bonds. The van der Waals surface area contributed by atoms with Crippen LogP contribution in [0.3, 0.4) is 0 Å². The smallest absolute Gasteiger partial charge is 0.295 e. The lowest BCUT2D eigenvalue weighted by molar-refractivity contribution is -0.384. The van der Waals surface area contributed by atoms with E-state index in [1.54, 1.807) is 18.2 Å². The van der Waals surface area contributed by atoms with Gasteiger partial charge in [-0.2, -0.15) is 0 Å². The molecule has 1 heterocycles. The molecule has 1 saturated heterocycles. The lowest BCUT2D eigenvalue weighted by Crippen LogP contribution is -2.32. The van der Waals surface area contributed by atoms with E-state index in [0.717, 1.165) is 0 Å². The van der Waals surface area contributed by atoms with Gasteiger partial charge < -0.3 is 24.4 Å². The van der Waals surface area contributed by atoms with E-state index in [1.807, 2.05) is 19.0 Å². The molecule has 10 nitrogen and oxygen atoms in total. The van der Waals surface area contributed by atoms with Gasteiger partial charge in [0.25, 0.3) is 17.4 Å². The molecule has 0 aromatic heterocycles. The summed E-state index contributed by atoms with van der Waals surface area (Å²) >= 11 is 0. The van der Waals surface area contributed by atoms with Gasteiger partial charge >= 0.3 is 0 Å². The van der Waals surface area contributed by atoms with Crippen molar-refractivity contribution < 1.29 is 29.1 Å². The van der Waals surface area contributed by atoms with E-state index in [0.29, 0.717) is 30.0 Å². The third-order valence-electron chi connectivity index (χ3n) is 5.60. The van der Waals surface area contributed by atoms with E-state index in [-0.39, 0.29) is 23.4 Å². The second-order valence-corrected chi connectivity index (χ2v) is 8.07. The number of rotatable bonds is 9. The molecular formula is C24H27N3O7. The van der Waals surface area contributed by atoms with Crippen LogP contribution in [-0.4, -0.2) is 72.9 Å². The third kappa shape index (κ3) is 4.86. The van der Waals surface area contributed by atoms with Crippen LogP contribution in [0.5, 0.6) is 11.5 Å². The predicted molar refractivity (Wildman–Crippen MR) is 125 cm³/mol. The number of ketones is 1. The zero-order chi connectivity index (χ0) is 25.0. The van der Waals surface area contributed by atoms with Crippen molar-refractivity contribution in [2.75, 3.05) is 41.4 Å². The Kier molecular flexibility index (Phi) is 7.52. The first-order valence-electron chi connectivity index (χ1n) is 10.6. The molecule has 1 atom stereocenters. The van der Waals surface area contributed by atoms with Crippen LogP contribution in [0, 0.1) is 10.1 Å². The predicted octanol–water partition coefficient (Wildman–Crippen LogP) is 2.99. The van der Waals surface area contributed by atoms with E-state index in [4.69, 9.17) is 9.47 Å². The summed E-state index contributed by atoms with van der Waals surface area (Å²) < 4.78 is 10.5. The number of nitro benzene ring substituents is 1. The largest absolute Gasteiger partial charge is 0.507 e. The SMILES string of the molecule is COc1ccc(C(O)=C2C(=O)C(=O)N(CCCN(C)C)C2c2cccc([N+](=O)[O-])c2)cc1OC. The fourth-order valence-electron chi connectivity index (χ4n) is 3.96. The minimum atomic E-state index is -0.977. The van der Waals surface area contributed by atoms with Gasteiger partial charge in [-0.05, 0) is 50.8 Å². The second-order valence-electron chi connectivity index (χ2n) is 8.07. The molecule has 3 rings (SSSR count). The molecule has 2 aromatic carbocycles. The Bertz CT molecular complexity index is 1140. The number of benzene rings is 2. The molecule has 1 unspecified atom stereocenters. The lowest BCUT2D eigenvalue weighted by atomic mass is 9.94. The number of hydrogen-bond acceptors (Lipinski definition) is 8. The van der Waals surface area contributed by atoms with Gasteiger partial charge in [0.05, 0.1) is 30.8 Å². The van der Waals surface area contributed by atoms with Crippen molar-refractivity contribution in [1.29, 1.82) is 0 Å². The number of amides is 1. The van der Waals surface area contributed by atoms with Gasteiger partial charge in [0.15, 0.2) is 11.5 Å². The molecule has 34 heavy (non-hydrogen) atoms. The van der Waals surface area contributed by atoms with Crippen LogP contribution < -0.4 is 9.47 Å². The lowest BCUT2D eigenvalue weighted by Gasteiger charge is -2.26. The van der Waals surface area contributed by atoms with Crippen LogP contribution in [0.1, 0.15) is 23.6 Å². The maximum Gasteiger partial charge on any atom is 0.295 e. The fourth-order valence-corrected chi connectivity index (χ4v) is 3.96. The highest BCUT2D eigenvalue weighted by atomic mass is 16.6. The monoisotopic (exact) mass is 469 g/mol. The molecule has 180 valence electrons. The summed E-state index contributed by atoms with van der Waals surface area (Å²) in [5.41, 5.74) is 0.296. The standard InChI is InChI=1S/C24H27N3O7/c1-25(2)11-6-12-26-21(15-7-5-8-17(13-15)27(31)32)20(23(29)24(26)30)22(28)16-9-10-18(33-3)19(14-16)34-4/h5,7-10,13-14,21,28H,6,11-12H2,1-4H3. The first-order valence-corrected chi connectivity index (χ1v) is 10.6. The Hall–Kier alpha value is -3.92. The zero-order valence-electron chi connectivity index (χ0n) is 19.5. The summed E-state index contributed by atoms with van der Waals surface area (Å²) in [6.07, 6.45) is 0.571. The van der Waals surface area contributed by atoms with Gasteiger partial charge in [-0.25, -0.2) is 0 Å². The number of carbonyl (C=O) groups excluding carboxylic acids is 2. The van der Waals surface area contributed by atoms with Crippen molar-refractivity contribution in [2.45, 2.75) is 12.5 Å². The Morgan fingerprint density at radius 1 is 1.12 bits per heavy atom. The fraction of sp³-hybridized carbons (Fsp3) is 0.333. The maximum atomic E-state index is 13.1. The molecule has 0 aliphatic carbocycles. The maximum absolute atomic E-state index is 13.1. The number of nitro groups is 1. The summed E-state index contributed by atoms with van der Waals surface area (Å²) in [4.78, 5) is 40.2. The molecule has 0 bridgehead atoms. The number of ether oxygens (including phenoxy) is 2. The molecule has 0 radical (unpaired) electrons. The van der Waals surface area contributed by atoms with E-state index < -0.39 is 28.4 Å². The highest BCUT2D eigenvalue weighted by Crippen LogP contribution is 2.41. The second kappa shape index (κ2) is 10.3. The van der Waals surface area contributed by atoms with Crippen molar-refractivity contribution in [3.63, 3.8) is 0 Å². The molecule has 1 aliphatic rings. The van der Waals surface area contributed by atoms with Crippen LogP contribution >= 0.6 is 0 Å². The number of hydrogen-bond donors (Lipinski definition) is 1. The van der Waals surface area contributed by atoms with E-state index in [2.05, 4.69) is 0 Å². The molecule has 10 heteroatoms. The molecule has 0 saturated carbocycles. The van der Waals surface area contributed by atoms with Gasteiger partial charge in [0, 0.05) is 24.2 Å². The number of nitrogens with zero attached hydrogens (tertiary/aromatic N) is 3. The topological polar surface area (TPSA) is 122 Å². The normalized spacial score (nSPS) is 17.3. The Labute approximate surface area is 197 Å². The first-order chi connectivity index (χ1) is 16.2. The zero-order valence-corrected chi connectivity index (χ0v) is 19.5. The summed E-state index contributed by atoms with van der Waals surface area (Å²) in [5.74, 6) is -1.26. The van der Waals surface area contributed by atoms with Gasteiger partial charge in [0.2, 0.25) is 0 Å². The van der Waals surface area contributed by atoms with Crippen molar-refractivity contribution in [1.82, 2.24) is 9.80 Å². The van der Waals surface area contributed by atoms with Crippen LogP contribution in [0.2, 0.25) is 0 Å². The molecule has 1 fully saturated rings. The highest BCUT2D eigenvalue weighted by molar-refractivity contribution is 6.46. The first kappa shape index (κ1) is 24.7. The van der Waals surface area contributed by atoms with E-state index in [1.165, 1.54) is 43.4 Å². The summed E-state index contributed by atoms with van der Waals surface area (Å²) in [6, 6.07) is 9.37. The molecule has 0 spiro atoms. The number of aliphatic hydroxyl groups is 1. The third-order valence-corrected chi connectivity index (χ3v) is 5.60. The van der Waals surface area contributed by atoms with Crippen LogP contribution in [-0.2, 0) is 9.59 Å². The van der Waals surface area contributed by atoms with E-state index in [9.17, 15) is 24.8 Å². The molecule has 1 N–H and O–H groups in total. The van der Waals surface area contributed by atoms with Gasteiger partial charge in [-0.1, -0.05) is 12.1 Å². The average molecular weight is 469 g/mol. The van der Waals surface area contributed by atoms with Crippen LogP contribution in [0.25, 0.3) is 5.76 Å². The van der Waals surface area contributed by atoms with Crippen molar-refractivity contribution in [3.05, 3.63) is 69.3 Å². The number of Topliss-reactive ketones (excluding diaryl/α,β-unsaturated/α-hetero) is 1. The minimum absolute atomic E-state index is 0.137. The Morgan fingerprint density at radius 3 is 2.44 bits per heavy atom. The van der Waals surface area contributed by atoms with Crippen LogP contribution in [0.15, 0.2) is 48.0 Å². The van der Waals surface area contributed by atoms with Gasteiger partial charge in [-0.3, -0.25) is 19.7 Å². The van der Waals surface area contributed by atoms with E-state index >= 15 is 0 Å². The quantitative estimate of drug-likeness (QED) is 0.196. The number of non-ortho nitro benzene ring substituents is 1. The van der Waals surface area contributed by atoms with Crippen molar-refractivity contribution in [3.8, 4) is 11.5 Å². The van der Waals surface area contributed by atoms with Crippen LogP contribution in [0.4, 0.5) is 5.69 Å². The summed E-state index contributed by atoms with van der Waals surface area (Å²) in [5, 5.41) is 22.5. The number of likely N-dealkylation sites (tertiary alicyclic amines) is 1. The molecule has 1 aliphatic heterocycles. The number of carbonyl (C=O) groups is 2.